The highest BCUT2D eigenvalue weighted by Crippen LogP contribution is 2.34. The van der Waals surface area contributed by atoms with E-state index in [4.69, 9.17) is 25.4 Å². The average Bonchev–Trinajstić information content (AvgIpc) is 3.19. The van der Waals surface area contributed by atoms with Gasteiger partial charge in [0, 0.05) is 31.6 Å². The van der Waals surface area contributed by atoms with Gasteiger partial charge in [-0.1, -0.05) is 49.1 Å². The van der Waals surface area contributed by atoms with Gasteiger partial charge in [-0.15, -0.1) is 6.42 Å². The maximum absolute atomic E-state index is 14.6. The monoisotopic (exact) mass is 798 g/mol. The number of carboxylic acids is 1. The second-order valence-corrected chi connectivity index (χ2v) is 12.8. The predicted octanol–water partition coefficient (Wildman–Crippen LogP) is -1.61. The highest BCUT2D eigenvalue weighted by molar-refractivity contribution is 5.84. The van der Waals surface area contributed by atoms with Gasteiger partial charge in [-0.2, -0.15) is 8.78 Å². The molecule has 1 heterocycles. The number of unbranched alkanes of at least 4 members (excludes halogenated alkanes) is 3. The van der Waals surface area contributed by atoms with Gasteiger partial charge in [0.1, 0.15) is 36.8 Å². The second kappa shape index (κ2) is 22.2. The molecule has 0 bridgehead atoms. The van der Waals surface area contributed by atoms with E-state index in [-0.39, 0.29) is 44.2 Å². The number of amides is 2. The lowest BCUT2D eigenvalue weighted by molar-refractivity contribution is -0.310. The van der Waals surface area contributed by atoms with E-state index < -0.39 is 95.9 Å². The lowest BCUT2D eigenvalue weighted by Gasteiger charge is -2.46. The summed E-state index contributed by atoms with van der Waals surface area (Å²) in [6, 6.07) is 4.44. The highest BCUT2D eigenvalue weighted by Gasteiger charge is 2.56. The molecule has 3 rings (SSSR count). The minimum atomic E-state index is -4.02. The van der Waals surface area contributed by atoms with Crippen molar-refractivity contribution in [1.82, 2.24) is 10.6 Å². The lowest BCUT2D eigenvalue weighted by Crippen LogP contribution is -2.68. The van der Waals surface area contributed by atoms with Crippen LogP contribution in [0.25, 0.3) is 0 Å². The van der Waals surface area contributed by atoms with E-state index in [0.29, 0.717) is 39.0 Å². The summed E-state index contributed by atoms with van der Waals surface area (Å²) in [5.74, 6) is -8.89. The SMILES string of the molecule is C#CCOCCOCCNc1c(NCCCCCCO[C@]2(C(=O)O)C[C@H](O)[C@@H](NC(=O)CO)[C@H]([C@H](O)[C@H](O)CNC(=O)C(F)(F)c3ccccc3)O2)c(=O)c1=O. The Labute approximate surface area is 320 Å². The molecule has 310 valence electrons. The Morgan fingerprint density at radius 1 is 0.964 bits per heavy atom. The van der Waals surface area contributed by atoms with E-state index >= 15 is 0 Å². The Morgan fingerprint density at radius 3 is 2.25 bits per heavy atom. The minimum absolute atomic E-state index is 0.160. The van der Waals surface area contributed by atoms with Crippen LogP contribution in [0.4, 0.5) is 20.2 Å². The minimum Gasteiger partial charge on any atom is -0.477 e. The summed E-state index contributed by atoms with van der Waals surface area (Å²) in [5, 5.41) is 61.7. The zero-order valence-electron chi connectivity index (χ0n) is 30.4. The molecule has 2 aromatic rings. The van der Waals surface area contributed by atoms with Crippen LogP contribution in [0.1, 0.15) is 37.7 Å². The van der Waals surface area contributed by atoms with Gasteiger partial charge in [0.15, 0.2) is 0 Å². The molecule has 0 spiro atoms. The molecular weight excluding hydrogens is 750 g/mol. The largest absolute Gasteiger partial charge is 0.477 e. The normalized spacial score (nSPS) is 20.8. The molecule has 0 aromatic heterocycles. The van der Waals surface area contributed by atoms with Crippen LogP contribution >= 0.6 is 0 Å². The molecule has 0 saturated carbocycles. The molecular formula is C36H48F2N4O14. The summed E-state index contributed by atoms with van der Waals surface area (Å²) < 4.78 is 50.9. The van der Waals surface area contributed by atoms with Gasteiger partial charge in [-0.25, -0.2) is 4.79 Å². The maximum atomic E-state index is 14.6. The number of aliphatic hydroxyl groups excluding tert-OH is 4. The molecule has 18 nitrogen and oxygen atoms in total. The van der Waals surface area contributed by atoms with Gasteiger partial charge in [0.2, 0.25) is 5.91 Å². The number of carbonyl (C=O) groups is 3. The summed E-state index contributed by atoms with van der Waals surface area (Å²) in [4.78, 5) is 60.8. The first-order valence-corrected chi connectivity index (χ1v) is 17.8. The van der Waals surface area contributed by atoms with Crippen LogP contribution < -0.4 is 32.1 Å². The van der Waals surface area contributed by atoms with Crippen molar-refractivity contribution in [3.63, 3.8) is 0 Å². The molecule has 6 atom stereocenters. The Hall–Kier alpha value is -4.59. The molecule has 1 aliphatic heterocycles. The van der Waals surface area contributed by atoms with Crippen molar-refractivity contribution < 1.29 is 67.6 Å². The summed E-state index contributed by atoms with van der Waals surface area (Å²) in [7, 11) is 0. The number of aliphatic carboxylic acids is 1. The number of carbonyl (C=O) groups excluding carboxylic acids is 2. The zero-order chi connectivity index (χ0) is 41.3. The summed E-state index contributed by atoms with van der Waals surface area (Å²) in [6.45, 7) is -0.607. The molecule has 0 radical (unpaired) electrons. The number of aliphatic hydroxyl groups is 4. The number of hydrogen-bond donors (Lipinski definition) is 9. The maximum Gasteiger partial charge on any atom is 0.364 e. The highest BCUT2D eigenvalue weighted by atomic mass is 19.3. The molecule has 2 amide bonds. The zero-order valence-corrected chi connectivity index (χ0v) is 30.4. The van der Waals surface area contributed by atoms with Crippen LogP contribution in [-0.2, 0) is 39.3 Å². The number of carboxylic acid groups (broad SMARTS) is 1. The number of terminal acetylenes is 1. The van der Waals surface area contributed by atoms with Crippen molar-refractivity contribution >= 4 is 29.2 Å². The van der Waals surface area contributed by atoms with Gasteiger partial charge in [0.05, 0.1) is 44.7 Å². The van der Waals surface area contributed by atoms with Crippen molar-refractivity contribution in [3.8, 4) is 12.3 Å². The quantitative estimate of drug-likeness (QED) is 0.0294. The summed E-state index contributed by atoms with van der Waals surface area (Å²) in [6.07, 6.45) is -1.81. The van der Waals surface area contributed by atoms with Crippen molar-refractivity contribution in [2.75, 3.05) is 69.9 Å². The van der Waals surface area contributed by atoms with Crippen molar-refractivity contribution in [2.45, 2.75) is 74.3 Å². The van der Waals surface area contributed by atoms with Crippen LogP contribution in [0, 0.1) is 12.3 Å². The fourth-order valence-electron chi connectivity index (χ4n) is 5.73. The van der Waals surface area contributed by atoms with Crippen LogP contribution in [0.2, 0.25) is 0 Å². The summed E-state index contributed by atoms with van der Waals surface area (Å²) in [5.41, 5.74) is -1.62. The smallest absolute Gasteiger partial charge is 0.364 e. The fourth-order valence-corrected chi connectivity index (χ4v) is 5.73. The first-order chi connectivity index (χ1) is 26.7. The Morgan fingerprint density at radius 2 is 1.61 bits per heavy atom. The third-order valence-electron chi connectivity index (χ3n) is 8.72. The number of anilines is 2. The number of rotatable bonds is 26. The van der Waals surface area contributed by atoms with E-state index in [1.165, 1.54) is 18.2 Å². The third kappa shape index (κ3) is 12.5. The number of hydrogen-bond acceptors (Lipinski definition) is 15. The molecule has 20 heteroatoms. The number of alkyl halides is 2. The van der Waals surface area contributed by atoms with Gasteiger partial charge in [-0.05, 0) is 12.8 Å². The average molecular weight is 799 g/mol. The van der Waals surface area contributed by atoms with Crippen LogP contribution in [0.15, 0.2) is 39.9 Å². The molecule has 0 aliphatic carbocycles. The number of benzene rings is 1. The van der Waals surface area contributed by atoms with E-state index in [1.807, 2.05) is 5.32 Å². The number of halogens is 2. The topological polar surface area (TPSA) is 272 Å². The Kier molecular flexibility index (Phi) is 18.2. The van der Waals surface area contributed by atoms with Crippen LogP contribution in [0.5, 0.6) is 0 Å². The van der Waals surface area contributed by atoms with Gasteiger partial charge < -0.3 is 65.7 Å². The van der Waals surface area contributed by atoms with Crippen molar-refractivity contribution in [3.05, 3.63) is 56.3 Å². The van der Waals surface area contributed by atoms with Crippen molar-refractivity contribution in [1.29, 1.82) is 0 Å². The molecule has 1 fully saturated rings. The molecule has 1 saturated heterocycles. The van der Waals surface area contributed by atoms with Gasteiger partial charge >= 0.3 is 11.9 Å². The molecule has 0 unspecified atom stereocenters. The fraction of sp³-hybridized carbons (Fsp3) is 0.583. The van der Waals surface area contributed by atoms with Gasteiger partial charge in [0.25, 0.3) is 22.6 Å². The van der Waals surface area contributed by atoms with Gasteiger partial charge in [-0.3, -0.25) is 19.2 Å². The van der Waals surface area contributed by atoms with E-state index in [2.05, 4.69) is 21.9 Å². The Bertz CT molecular complexity index is 1690. The lowest BCUT2D eigenvalue weighted by atomic mass is 9.88. The van der Waals surface area contributed by atoms with E-state index in [1.54, 1.807) is 0 Å². The number of nitrogens with one attached hydrogen (secondary N) is 4. The second-order valence-electron chi connectivity index (χ2n) is 12.8. The standard InChI is InChI=1S/C36H48F2N4O14/c1-2-14-53-17-18-54-16-13-40-28-27(30(48)31(28)49)39-12-8-3-4-9-15-55-35(34(51)52)19-23(44)26(42-25(46)21-43)32(56-35)29(47)24(45)20-41-33(50)36(37,38)22-10-6-5-7-11-22/h1,5-7,10-11,23-24,26,29,32,39-40,43-45,47H,3-4,8-9,12-21H2,(H,41,50)(H,42,46)(H,51,52)/t23-,24+,26+,29+,32+,35+/m0/s1. The third-order valence-corrected chi connectivity index (χ3v) is 8.72. The number of ether oxygens (including phenoxy) is 4. The van der Waals surface area contributed by atoms with Crippen LogP contribution in [-0.4, -0.2) is 139 Å². The molecule has 56 heavy (non-hydrogen) atoms. The molecule has 9 N–H and O–H groups in total. The first-order valence-electron chi connectivity index (χ1n) is 17.8. The van der Waals surface area contributed by atoms with E-state index in [9.17, 15) is 58.3 Å². The van der Waals surface area contributed by atoms with Crippen molar-refractivity contribution in [2.24, 2.45) is 0 Å². The Balaban J connectivity index is 1.51. The van der Waals surface area contributed by atoms with E-state index in [0.717, 1.165) is 12.1 Å². The summed E-state index contributed by atoms with van der Waals surface area (Å²) >= 11 is 0. The molecule has 1 aliphatic rings. The first kappa shape index (κ1) is 45.8. The van der Waals surface area contributed by atoms with Crippen LogP contribution in [0.3, 0.4) is 0 Å². The predicted molar refractivity (Wildman–Crippen MR) is 193 cm³/mol. The molecule has 2 aromatic carbocycles.